The Labute approximate surface area is 218 Å². The van der Waals surface area contributed by atoms with Gasteiger partial charge in [-0.15, -0.1) is 0 Å². The maximum absolute atomic E-state index is 6.39. The molecule has 0 N–H and O–H groups in total. The van der Waals surface area contributed by atoms with Crippen molar-refractivity contribution in [1.82, 2.24) is 0 Å². The van der Waals surface area contributed by atoms with Crippen LogP contribution in [0.2, 0.25) is 31.2 Å². The van der Waals surface area contributed by atoms with Crippen molar-refractivity contribution >= 4 is 28.7 Å². The van der Waals surface area contributed by atoms with E-state index in [-0.39, 0.29) is 0 Å². The van der Waals surface area contributed by atoms with Crippen molar-refractivity contribution in [2.24, 2.45) is 0 Å². The zero-order valence-electron chi connectivity index (χ0n) is 22.9. The smallest absolute Gasteiger partial charge is 0.383 e. The third-order valence-electron chi connectivity index (χ3n) is 6.10. The van der Waals surface area contributed by atoms with Crippen molar-refractivity contribution in [2.45, 2.75) is 136 Å². The summed E-state index contributed by atoms with van der Waals surface area (Å²) < 4.78 is 18.7. The predicted molar refractivity (Wildman–Crippen MR) is 154 cm³/mol. The SMILES string of the molecule is CCCCCCCCCCCCCCCCCCO[Si](C)(C)O[Si](C)(C)Oc1cccc(Cl)c1. The number of halogens is 1. The number of benzene rings is 1. The fourth-order valence-electron chi connectivity index (χ4n) is 4.42. The average molecular weight is 529 g/mol. The van der Waals surface area contributed by atoms with E-state index in [1.54, 1.807) is 0 Å². The molecular formula is C28H53ClO3Si2. The molecule has 0 unspecified atom stereocenters. The highest BCUT2D eigenvalue weighted by Crippen LogP contribution is 2.24. The van der Waals surface area contributed by atoms with E-state index in [1.807, 2.05) is 24.3 Å². The first-order chi connectivity index (χ1) is 16.2. The number of hydrogen-bond acceptors (Lipinski definition) is 3. The summed E-state index contributed by atoms with van der Waals surface area (Å²) in [6, 6.07) is 7.52. The first-order valence-corrected chi connectivity index (χ1v) is 20.0. The van der Waals surface area contributed by atoms with Crippen LogP contribution in [0, 0.1) is 0 Å². The summed E-state index contributed by atoms with van der Waals surface area (Å²) in [6.45, 7) is 11.5. The molecule has 198 valence electrons. The summed E-state index contributed by atoms with van der Waals surface area (Å²) >= 11 is 6.07. The van der Waals surface area contributed by atoms with Crippen molar-refractivity contribution in [1.29, 1.82) is 0 Å². The zero-order valence-corrected chi connectivity index (χ0v) is 25.7. The lowest BCUT2D eigenvalue weighted by Gasteiger charge is -2.33. The third-order valence-corrected chi connectivity index (χ3v) is 11.9. The van der Waals surface area contributed by atoms with Crippen LogP contribution in [0.3, 0.4) is 0 Å². The van der Waals surface area contributed by atoms with Gasteiger partial charge in [-0.05, 0) is 50.8 Å². The quantitative estimate of drug-likeness (QED) is 0.110. The van der Waals surface area contributed by atoms with E-state index in [1.165, 1.54) is 96.3 Å². The Balaban J connectivity index is 1.97. The molecule has 0 heterocycles. The minimum atomic E-state index is -2.34. The van der Waals surface area contributed by atoms with E-state index < -0.39 is 17.1 Å². The first kappa shape index (κ1) is 31.7. The van der Waals surface area contributed by atoms with Crippen LogP contribution in [-0.4, -0.2) is 23.7 Å². The number of hydrogen-bond donors (Lipinski definition) is 0. The van der Waals surface area contributed by atoms with E-state index >= 15 is 0 Å². The van der Waals surface area contributed by atoms with Gasteiger partial charge in [-0.2, -0.15) is 0 Å². The van der Waals surface area contributed by atoms with Crippen molar-refractivity contribution in [3.8, 4) is 5.75 Å². The predicted octanol–water partition coefficient (Wildman–Crippen LogP) is 10.4. The summed E-state index contributed by atoms with van der Waals surface area (Å²) in [5.74, 6) is 0.770. The van der Waals surface area contributed by atoms with E-state index in [4.69, 9.17) is 24.6 Å². The molecule has 0 amide bonds. The fourth-order valence-corrected chi connectivity index (χ4v) is 11.1. The van der Waals surface area contributed by atoms with Gasteiger partial charge in [0.25, 0.3) is 0 Å². The highest BCUT2D eigenvalue weighted by Gasteiger charge is 2.37. The van der Waals surface area contributed by atoms with Gasteiger partial charge in [0.2, 0.25) is 0 Å². The molecule has 0 bridgehead atoms. The second-order valence-corrected chi connectivity index (χ2v) is 18.0. The molecule has 0 saturated carbocycles. The Morgan fingerprint density at radius 3 is 1.59 bits per heavy atom. The number of unbranched alkanes of at least 4 members (excludes halogenated alkanes) is 15. The second kappa shape index (κ2) is 18.9. The lowest BCUT2D eigenvalue weighted by Crippen LogP contribution is -2.50. The van der Waals surface area contributed by atoms with Crippen LogP contribution >= 0.6 is 11.6 Å². The Hall–Kier alpha value is -0.336. The van der Waals surface area contributed by atoms with Crippen molar-refractivity contribution in [3.63, 3.8) is 0 Å². The molecule has 34 heavy (non-hydrogen) atoms. The third kappa shape index (κ3) is 18.0. The van der Waals surface area contributed by atoms with Crippen LogP contribution in [0.1, 0.15) is 110 Å². The van der Waals surface area contributed by atoms with Gasteiger partial charge in [0.1, 0.15) is 5.75 Å². The molecule has 1 aromatic rings. The van der Waals surface area contributed by atoms with E-state index in [0.717, 1.165) is 18.8 Å². The number of rotatable bonds is 22. The Morgan fingerprint density at radius 2 is 1.12 bits per heavy atom. The maximum Gasteiger partial charge on any atom is 0.383 e. The summed E-state index contributed by atoms with van der Waals surface area (Å²) in [4.78, 5) is 0. The molecule has 1 rings (SSSR count). The van der Waals surface area contributed by atoms with Gasteiger partial charge in [0, 0.05) is 11.6 Å². The normalized spacial score (nSPS) is 12.3. The molecule has 3 nitrogen and oxygen atoms in total. The molecular weight excluding hydrogens is 476 g/mol. The van der Waals surface area contributed by atoms with Crippen LogP contribution in [0.25, 0.3) is 0 Å². The molecule has 0 atom stereocenters. The van der Waals surface area contributed by atoms with E-state index in [9.17, 15) is 0 Å². The van der Waals surface area contributed by atoms with Crippen molar-refractivity contribution in [3.05, 3.63) is 29.3 Å². The summed E-state index contributed by atoms with van der Waals surface area (Å²) in [5.41, 5.74) is 0. The lowest BCUT2D eigenvalue weighted by atomic mass is 10.0. The monoisotopic (exact) mass is 528 g/mol. The molecule has 0 spiro atoms. The Kier molecular flexibility index (Phi) is 17.6. The second-order valence-electron chi connectivity index (χ2n) is 10.6. The Bertz CT molecular complexity index is 625. The van der Waals surface area contributed by atoms with Gasteiger partial charge in [-0.3, -0.25) is 0 Å². The van der Waals surface area contributed by atoms with Crippen LogP contribution < -0.4 is 4.43 Å². The van der Waals surface area contributed by atoms with E-state index in [2.05, 4.69) is 33.1 Å². The summed E-state index contributed by atoms with van der Waals surface area (Å²) in [6.07, 6.45) is 22.2. The average Bonchev–Trinajstić information content (AvgIpc) is 2.74. The Morgan fingerprint density at radius 1 is 0.647 bits per heavy atom. The molecule has 0 aliphatic rings. The summed E-state index contributed by atoms with van der Waals surface area (Å²) in [7, 11) is -4.55. The van der Waals surface area contributed by atoms with Crippen LogP contribution in [0.4, 0.5) is 0 Å². The molecule has 0 aliphatic carbocycles. The van der Waals surface area contributed by atoms with Crippen LogP contribution in [-0.2, 0) is 8.54 Å². The molecule has 0 fully saturated rings. The minimum absolute atomic E-state index is 0.679. The fraction of sp³-hybridized carbons (Fsp3) is 0.786. The zero-order chi connectivity index (χ0) is 25.1. The van der Waals surface area contributed by atoms with Gasteiger partial charge in [0.15, 0.2) is 0 Å². The van der Waals surface area contributed by atoms with Crippen LogP contribution in [0.15, 0.2) is 24.3 Å². The van der Waals surface area contributed by atoms with Gasteiger partial charge in [-0.25, -0.2) is 0 Å². The highest BCUT2D eigenvalue weighted by atomic mass is 35.5. The first-order valence-electron chi connectivity index (χ1n) is 14.0. The summed E-state index contributed by atoms with van der Waals surface area (Å²) in [5, 5.41) is 0.679. The maximum atomic E-state index is 6.39. The lowest BCUT2D eigenvalue weighted by molar-refractivity contribution is 0.225. The van der Waals surface area contributed by atoms with Gasteiger partial charge < -0.3 is 13.0 Å². The molecule has 6 heteroatoms. The molecule has 0 radical (unpaired) electrons. The van der Waals surface area contributed by atoms with Crippen molar-refractivity contribution in [2.75, 3.05) is 6.61 Å². The molecule has 0 aromatic heterocycles. The molecule has 0 saturated heterocycles. The van der Waals surface area contributed by atoms with Gasteiger partial charge in [-0.1, -0.05) is 121 Å². The highest BCUT2D eigenvalue weighted by molar-refractivity contribution is 6.79. The topological polar surface area (TPSA) is 27.7 Å². The molecule has 1 aromatic carbocycles. The van der Waals surface area contributed by atoms with Gasteiger partial charge >= 0.3 is 17.1 Å². The van der Waals surface area contributed by atoms with Crippen LogP contribution in [0.5, 0.6) is 5.75 Å². The minimum Gasteiger partial charge on any atom is -0.521 e. The standard InChI is InChI=1S/C28H53ClO3Si2/c1-6-7-8-9-10-11-12-13-14-15-16-17-18-19-20-21-25-30-33(2,3)32-34(4,5)31-28-24-22-23-27(29)26-28/h22-24,26H,6-21,25H2,1-5H3. The van der Waals surface area contributed by atoms with E-state index in [0.29, 0.717) is 5.02 Å². The largest absolute Gasteiger partial charge is 0.521 e. The molecule has 0 aliphatic heterocycles. The van der Waals surface area contributed by atoms with Crippen molar-refractivity contribution < 1.29 is 13.0 Å². The van der Waals surface area contributed by atoms with Gasteiger partial charge in [0.05, 0.1) is 0 Å².